The van der Waals surface area contributed by atoms with E-state index < -0.39 is 17.7 Å². The van der Waals surface area contributed by atoms with Gasteiger partial charge in [-0.3, -0.25) is 14.5 Å². The number of aliphatic hydroxyl groups excluding tert-OH is 1. The lowest BCUT2D eigenvalue weighted by Crippen LogP contribution is -2.29. The minimum atomic E-state index is -0.853. The molecule has 1 atom stereocenters. The van der Waals surface area contributed by atoms with Crippen molar-refractivity contribution >= 4 is 23.1 Å². The van der Waals surface area contributed by atoms with Crippen LogP contribution in [0.15, 0.2) is 72.3 Å². The molecule has 1 saturated heterocycles. The summed E-state index contributed by atoms with van der Waals surface area (Å²) in [6.45, 7) is 15.2. The molecule has 3 aromatic carbocycles. The molecule has 0 saturated carbocycles. The fraction of sp³-hybridized carbons (Fsp3) is 0.371. The Labute approximate surface area is 243 Å². The highest BCUT2D eigenvalue weighted by Crippen LogP contribution is 2.44. The number of aliphatic hydroxyl groups is 1. The van der Waals surface area contributed by atoms with E-state index in [2.05, 4.69) is 41.5 Å². The number of ether oxygens (including phenoxy) is 2. The predicted octanol–water partition coefficient (Wildman–Crippen LogP) is 7.71. The third-order valence-corrected chi connectivity index (χ3v) is 7.43. The maximum Gasteiger partial charge on any atom is 0.300 e. The summed E-state index contributed by atoms with van der Waals surface area (Å²) in [6, 6.07) is 19.8. The second-order valence-electron chi connectivity index (χ2n) is 12.6. The Morgan fingerprint density at radius 1 is 0.878 bits per heavy atom. The summed E-state index contributed by atoms with van der Waals surface area (Å²) in [7, 11) is 1.52. The van der Waals surface area contributed by atoms with Gasteiger partial charge in [-0.1, -0.05) is 84.9 Å². The Morgan fingerprint density at radius 2 is 1.51 bits per heavy atom. The molecule has 41 heavy (non-hydrogen) atoms. The fourth-order valence-electron chi connectivity index (χ4n) is 5.03. The van der Waals surface area contributed by atoms with Crippen LogP contribution in [0, 0.1) is 0 Å². The molecule has 0 aromatic heterocycles. The van der Waals surface area contributed by atoms with E-state index in [-0.39, 0.29) is 22.2 Å². The third kappa shape index (κ3) is 6.02. The first-order chi connectivity index (χ1) is 19.3. The van der Waals surface area contributed by atoms with Crippen molar-refractivity contribution in [2.45, 2.75) is 71.8 Å². The van der Waals surface area contributed by atoms with Crippen molar-refractivity contribution in [2.24, 2.45) is 0 Å². The van der Waals surface area contributed by atoms with Gasteiger partial charge in [0.1, 0.15) is 17.3 Å². The average Bonchev–Trinajstić information content (AvgIpc) is 3.20. The number of methoxy groups -OCH3 is 1. The Hall–Kier alpha value is -4.06. The van der Waals surface area contributed by atoms with E-state index in [4.69, 9.17) is 9.47 Å². The lowest BCUT2D eigenvalue weighted by Gasteiger charge is -2.27. The number of carbonyl (C=O) groups is 2. The van der Waals surface area contributed by atoms with Gasteiger partial charge in [0, 0.05) is 11.8 Å². The van der Waals surface area contributed by atoms with Crippen molar-refractivity contribution in [3.63, 3.8) is 0 Å². The topological polar surface area (TPSA) is 76.1 Å². The van der Waals surface area contributed by atoms with Crippen LogP contribution in [0.3, 0.4) is 0 Å². The molecule has 1 amide bonds. The molecule has 1 aliphatic heterocycles. The van der Waals surface area contributed by atoms with Crippen LogP contribution in [0.2, 0.25) is 0 Å². The van der Waals surface area contributed by atoms with E-state index in [9.17, 15) is 14.7 Å². The Kier molecular flexibility index (Phi) is 8.34. The van der Waals surface area contributed by atoms with Crippen molar-refractivity contribution in [3.05, 3.63) is 94.6 Å². The van der Waals surface area contributed by atoms with Gasteiger partial charge in [0.25, 0.3) is 11.7 Å². The third-order valence-electron chi connectivity index (χ3n) is 7.43. The van der Waals surface area contributed by atoms with Crippen LogP contribution < -0.4 is 14.4 Å². The van der Waals surface area contributed by atoms with Crippen LogP contribution in [-0.2, 0) is 20.4 Å². The molecule has 1 aliphatic rings. The van der Waals surface area contributed by atoms with Gasteiger partial charge in [-0.2, -0.15) is 0 Å². The monoisotopic (exact) mass is 555 g/mol. The van der Waals surface area contributed by atoms with Crippen molar-refractivity contribution < 1.29 is 24.2 Å². The van der Waals surface area contributed by atoms with Gasteiger partial charge >= 0.3 is 0 Å². The number of anilines is 1. The summed E-state index contributed by atoms with van der Waals surface area (Å²) >= 11 is 0. The molecule has 0 aliphatic carbocycles. The summed E-state index contributed by atoms with van der Waals surface area (Å²) < 4.78 is 11.4. The lowest BCUT2D eigenvalue weighted by molar-refractivity contribution is -0.132. The number of hydrogen-bond donors (Lipinski definition) is 1. The molecule has 0 spiro atoms. The molecule has 4 rings (SSSR count). The van der Waals surface area contributed by atoms with Crippen LogP contribution in [-0.4, -0.2) is 30.5 Å². The van der Waals surface area contributed by atoms with E-state index in [0.29, 0.717) is 34.9 Å². The molecule has 3 aromatic rings. The molecular formula is C35H41NO5. The van der Waals surface area contributed by atoms with Crippen molar-refractivity contribution in [1.82, 2.24) is 0 Å². The minimum absolute atomic E-state index is 0.0164. The number of amides is 1. The number of Topliss-reactive ketones (excluding diaryl/α,β-unsaturated/α-hetero) is 1. The van der Waals surface area contributed by atoms with Gasteiger partial charge in [-0.25, -0.2) is 0 Å². The van der Waals surface area contributed by atoms with Crippen molar-refractivity contribution in [3.8, 4) is 11.5 Å². The molecule has 0 radical (unpaired) electrons. The van der Waals surface area contributed by atoms with Gasteiger partial charge in [0.2, 0.25) is 0 Å². The van der Waals surface area contributed by atoms with Gasteiger partial charge in [-0.05, 0) is 58.2 Å². The van der Waals surface area contributed by atoms with Crippen LogP contribution in [0.1, 0.15) is 83.2 Å². The summed E-state index contributed by atoms with van der Waals surface area (Å²) in [4.78, 5) is 29.0. The standard InChI is InChI=1S/C35H41NO5/c1-9-19-41-26-12-10-11-25(21-26)36-30(22-13-15-23(16-14-22)34(2,3)4)29(32(38)33(36)39)31(37)27-20-24(35(5,6)7)17-18-28(27)40-8/h10-18,20-21,30,37H,9,19H2,1-8H3/b31-29+. The molecule has 1 heterocycles. The summed E-state index contributed by atoms with van der Waals surface area (Å²) in [5.74, 6) is -0.714. The van der Waals surface area contributed by atoms with Crippen LogP contribution >= 0.6 is 0 Å². The van der Waals surface area contributed by atoms with Gasteiger partial charge in [0.15, 0.2) is 0 Å². The molecule has 1 fully saturated rings. The molecule has 6 nitrogen and oxygen atoms in total. The average molecular weight is 556 g/mol. The zero-order valence-electron chi connectivity index (χ0n) is 25.4. The molecule has 216 valence electrons. The normalized spacial score (nSPS) is 17.2. The highest BCUT2D eigenvalue weighted by atomic mass is 16.5. The van der Waals surface area contributed by atoms with E-state index >= 15 is 0 Å². The maximum atomic E-state index is 13.8. The number of benzene rings is 3. The second-order valence-corrected chi connectivity index (χ2v) is 12.6. The minimum Gasteiger partial charge on any atom is -0.507 e. The quantitative estimate of drug-likeness (QED) is 0.184. The van der Waals surface area contributed by atoms with E-state index in [0.717, 1.165) is 17.5 Å². The van der Waals surface area contributed by atoms with Gasteiger partial charge < -0.3 is 14.6 Å². The summed E-state index contributed by atoms with van der Waals surface area (Å²) in [5.41, 5.74) is 3.40. The molecule has 0 bridgehead atoms. The Bertz CT molecular complexity index is 1470. The number of ketones is 1. The smallest absolute Gasteiger partial charge is 0.300 e. The first-order valence-corrected chi connectivity index (χ1v) is 14.1. The Morgan fingerprint density at radius 3 is 2.10 bits per heavy atom. The van der Waals surface area contributed by atoms with Crippen LogP contribution in [0.4, 0.5) is 5.69 Å². The SMILES string of the molecule is CCCOc1cccc(N2C(=O)C(=O)/C(=C(/O)c3cc(C(C)(C)C)ccc3OC)C2c2ccc(C(C)(C)C)cc2)c1. The first-order valence-electron chi connectivity index (χ1n) is 14.1. The first kappa shape index (κ1) is 29.9. The van der Waals surface area contributed by atoms with E-state index in [1.807, 2.05) is 49.4 Å². The zero-order chi connectivity index (χ0) is 30.1. The Balaban J connectivity index is 1.96. The molecule has 6 heteroatoms. The molecule has 1 N–H and O–H groups in total. The zero-order valence-corrected chi connectivity index (χ0v) is 25.4. The highest BCUT2D eigenvalue weighted by molar-refractivity contribution is 6.51. The predicted molar refractivity (Wildman–Crippen MR) is 164 cm³/mol. The largest absolute Gasteiger partial charge is 0.507 e. The van der Waals surface area contributed by atoms with Crippen LogP contribution in [0.5, 0.6) is 11.5 Å². The number of rotatable bonds is 7. The number of nitrogens with zero attached hydrogens (tertiary/aromatic N) is 1. The summed E-state index contributed by atoms with van der Waals surface area (Å²) in [6.07, 6.45) is 0.838. The van der Waals surface area contributed by atoms with Gasteiger partial charge in [0.05, 0.1) is 30.9 Å². The van der Waals surface area contributed by atoms with E-state index in [1.54, 1.807) is 24.3 Å². The lowest BCUT2D eigenvalue weighted by atomic mass is 9.84. The molecular weight excluding hydrogens is 514 g/mol. The fourth-order valence-corrected chi connectivity index (χ4v) is 5.03. The van der Waals surface area contributed by atoms with Crippen LogP contribution in [0.25, 0.3) is 5.76 Å². The second kappa shape index (κ2) is 11.4. The maximum absolute atomic E-state index is 13.8. The summed E-state index contributed by atoms with van der Waals surface area (Å²) in [5, 5.41) is 11.8. The van der Waals surface area contributed by atoms with E-state index in [1.165, 1.54) is 12.0 Å². The number of carbonyl (C=O) groups excluding carboxylic acids is 2. The van der Waals surface area contributed by atoms with Crippen molar-refractivity contribution in [2.75, 3.05) is 18.6 Å². The van der Waals surface area contributed by atoms with Crippen molar-refractivity contribution in [1.29, 1.82) is 0 Å². The van der Waals surface area contributed by atoms with Gasteiger partial charge in [-0.15, -0.1) is 0 Å². The highest BCUT2D eigenvalue weighted by Gasteiger charge is 2.47. The number of hydrogen-bond acceptors (Lipinski definition) is 5. The molecule has 1 unspecified atom stereocenters.